The maximum Gasteiger partial charge on any atom is 0.00255 e. The van der Waals surface area contributed by atoms with Gasteiger partial charge in [0.25, 0.3) is 0 Å². The molecule has 0 atom stereocenters. The number of nitrogens with two attached hydrogens (primary N) is 1. The van der Waals surface area contributed by atoms with Gasteiger partial charge in [-0.1, -0.05) is 0 Å². The molecule has 0 aliphatic rings. The van der Waals surface area contributed by atoms with Crippen molar-refractivity contribution in [3.8, 4) is 0 Å². The Morgan fingerprint density at radius 2 is 1.67 bits per heavy atom. The minimum Gasteiger partial charge on any atom is -0.330 e. The van der Waals surface area contributed by atoms with Crippen molar-refractivity contribution in [3.05, 3.63) is 0 Å². The molecule has 0 saturated heterocycles. The molecule has 0 aliphatic carbocycles. The molecular formula is C2H7I2NS. The first kappa shape index (κ1) is 10.7. The molecule has 0 heterocycles. The maximum absolute atomic E-state index is 4.95. The van der Waals surface area contributed by atoms with E-state index < -0.39 is 0 Å². The third-order valence-electron chi connectivity index (χ3n) is 0.129. The summed E-state index contributed by atoms with van der Waals surface area (Å²) in [6, 6.07) is 0. The van der Waals surface area contributed by atoms with E-state index in [4.69, 9.17) is 5.73 Å². The van der Waals surface area contributed by atoms with Crippen molar-refractivity contribution in [2.24, 2.45) is 5.73 Å². The minimum atomic E-state index is 0.684. The molecule has 0 aliphatic heterocycles. The van der Waals surface area contributed by atoms with Crippen LogP contribution in [0.4, 0.5) is 0 Å². The van der Waals surface area contributed by atoms with Crippen LogP contribution in [0.15, 0.2) is 0 Å². The highest BCUT2D eigenvalue weighted by atomic mass is 128. The summed E-state index contributed by atoms with van der Waals surface area (Å²) < 4.78 is 0. The molecule has 0 radical (unpaired) electrons. The van der Waals surface area contributed by atoms with Crippen LogP contribution in [0, 0.1) is 0 Å². The molecule has 0 aromatic rings. The highest BCUT2D eigenvalue weighted by Gasteiger charge is 1.56. The second-order valence-electron chi connectivity index (χ2n) is 0.512. The van der Waals surface area contributed by atoms with Crippen molar-refractivity contribution in [3.63, 3.8) is 0 Å². The zero-order chi connectivity index (χ0) is 5.41. The summed E-state index contributed by atoms with van der Waals surface area (Å²) >= 11 is 8.04. The van der Waals surface area contributed by atoms with E-state index in [-0.39, 0.29) is 0 Å². The zero-order valence-electron chi connectivity index (χ0n) is 3.19. The van der Waals surface area contributed by atoms with Crippen molar-refractivity contribution in [2.75, 3.05) is 12.3 Å². The molecule has 0 amide bonds. The Balaban J connectivity index is 0. The summed E-state index contributed by atoms with van der Waals surface area (Å²) in [6.07, 6.45) is 0. The molecule has 0 fully saturated rings. The fraction of sp³-hybridized carbons (Fsp3) is 1.00. The molecule has 1 nitrogen and oxygen atoms in total. The lowest BCUT2D eigenvalue weighted by Gasteiger charge is -1.69. The van der Waals surface area contributed by atoms with Gasteiger partial charge >= 0.3 is 0 Å². The van der Waals surface area contributed by atoms with E-state index in [2.05, 4.69) is 49.9 Å². The lowest BCUT2D eigenvalue weighted by Crippen LogP contribution is -1.97. The van der Waals surface area contributed by atoms with Gasteiger partial charge in [0.1, 0.15) is 0 Å². The van der Waals surface area contributed by atoms with E-state index in [0.29, 0.717) is 6.54 Å². The lowest BCUT2D eigenvalue weighted by atomic mass is 10.8. The molecule has 40 valence electrons. The Hall–Kier alpha value is 1.77. The van der Waals surface area contributed by atoms with Crippen LogP contribution in [0.25, 0.3) is 0 Å². The summed E-state index contributed by atoms with van der Waals surface area (Å²) in [6.45, 7) is 0.684. The van der Waals surface area contributed by atoms with Crippen LogP contribution < -0.4 is 5.73 Å². The molecular weight excluding hydrogens is 324 g/mol. The molecule has 0 saturated carbocycles. The molecule has 0 aromatic carbocycles. The van der Waals surface area contributed by atoms with E-state index in [1.54, 1.807) is 0 Å². The predicted octanol–water partition coefficient (Wildman–Crippen LogP) is 1.65. The van der Waals surface area contributed by atoms with Gasteiger partial charge in [-0.25, -0.2) is 0 Å². The number of hydrogen-bond acceptors (Lipinski definition) is 2. The van der Waals surface area contributed by atoms with Gasteiger partial charge in [0, 0.05) is 49.5 Å². The summed E-state index contributed by atoms with van der Waals surface area (Å²) in [7, 11) is 0. The molecule has 4 heteroatoms. The Bertz CT molecular complexity index is 13.5. The van der Waals surface area contributed by atoms with Crippen molar-refractivity contribution in [1.29, 1.82) is 0 Å². The van der Waals surface area contributed by atoms with Gasteiger partial charge in [0.15, 0.2) is 0 Å². The van der Waals surface area contributed by atoms with Gasteiger partial charge in [-0.05, 0) is 0 Å². The summed E-state index contributed by atoms with van der Waals surface area (Å²) in [5, 5.41) is 0. The summed E-state index contributed by atoms with van der Waals surface area (Å²) in [5.74, 6) is 0.792. The summed E-state index contributed by atoms with van der Waals surface area (Å²) in [5.41, 5.74) is 4.95. The van der Waals surface area contributed by atoms with Crippen molar-refractivity contribution in [1.82, 2.24) is 0 Å². The number of thiol groups is 1. The van der Waals surface area contributed by atoms with Gasteiger partial charge in [-0.2, -0.15) is 12.6 Å². The van der Waals surface area contributed by atoms with Gasteiger partial charge in [-0.3, -0.25) is 0 Å². The Kier molecular flexibility index (Phi) is 28.3. The van der Waals surface area contributed by atoms with Crippen LogP contribution in [-0.4, -0.2) is 12.3 Å². The van der Waals surface area contributed by atoms with Crippen molar-refractivity contribution >= 4 is 49.9 Å². The highest BCUT2D eigenvalue weighted by Crippen LogP contribution is 1.89. The fourth-order valence-electron chi connectivity index (χ4n) is 0. The van der Waals surface area contributed by atoms with E-state index in [0.717, 1.165) is 5.75 Å². The molecule has 6 heavy (non-hydrogen) atoms. The average molecular weight is 331 g/mol. The Morgan fingerprint density at radius 3 is 1.67 bits per heavy atom. The topological polar surface area (TPSA) is 26.0 Å². The van der Waals surface area contributed by atoms with Crippen molar-refractivity contribution in [2.45, 2.75) is 0 Å². The predicted molar refractivity (Wildman–Crippen MR) is 50.9 cm³/mol. The lowest BCUT2D eigenvalue weighted by molar-refractivity contribution is 1.16. The molecule has 0 unspecified atom stereocenters. The molecule has 0 spiro atoms. The molecule has 2 N–H and O–H groups in total. The van der Waals surface area contributed by atoms with E-state index >= 15 is 0 Å². The normalized spacial score (nSPS) is 6.00. The standard InChI is InChI=1S/C2H7NS.I2/c3-1-2-4;1-2/h4H,1-3H2;. The summed E-state index contributed by atoms with van der Waals surface area (Å²) in [4.78, 5) is 0. The van der Waals surface area contributed by atoms with Crippen LogP contribution in [0.3, 0.4) is 0 Å². The van der Waals surface area contributed by atoms with Gasteiger partial charge in [-0.15, -0.1) is 0 Å². The Labute approximate surface area is 67.2 Å². The second kappa shape index (κ2) is 15.9. The first-order valence-electron chi connectivity index (χ1n) is 1.37. The van der Waals surface area contributed by atoms with Gasteiger partial charge in [0.2, 0.25) is 0 Å². The highest BCUT2D eigenvalue weighted by molar-refractivity contribution is 15.0. The first-order chi connectivity index (χ1) is 2.91. The van der Waals surface area contributed by atoms with Crippen LogP contribution in [0.1, 0.15) is 0 Å². The monoisotopic (exact) mass is 331 g/mol. The minimum absolute atomic E-state index is 0.684. The molecule has 0 bridgehead atoms. The van der Waals surface area contributed by atoms with Crippen LogP contribution in [0.2, 0.25) is 0 Å². The third-order valence-corrected chi connectivity index (χ3v) is 0.387. The molecule has 0 rings (SSSR count). The van der Waals surface area contributed by atoms with Crippen LogP contribution >= 0.6 is 49.9 Å². The maximum atomic E-state index is 4.95. The van der Waals surface area contributed by atoms with Crippen LogP contribution in [-0.2, 0) is 0 Å². The third kappa shape index (κ3) is 17.1. The van der Waals surface area contributed by atoms with Crippen LogP contribution in [0.5, 0.6) is 0 Å². The van der Waals surface area contributed by atoms with Gasteiger partial charge < -0.3 is 5.73 Å². The zero-order valence-corrected chi connectivity index (χ0v) is 8.40. The SMILES string of the molecule is II.NCCS. The van der Waals surface area contributed by atoms with E-state index in [1.165, 1.54) is 0 Å². The van der Waals surface area contributed by atoms with E-state index in [1.807, 2.05) is 0 Å². The largest absolute Gasteiger partial charge is 0.330 e. The smallest absolute Gasteiger partial charge is 0.00255 e. The first-order valence-corrected chi connectivity index (χ1v) is 8.29. The van der Waals surface area contributed by atoms with E-state index in [9.17, 15) is 0 Å². The fourth-order valence-corrected chi connectivity index (χ4v) is 0. The number of halogens is 2. The van der Waals surface area contributed by atoms with Crippen molar-refractivity contribution < 1.29 is 0 Å². The van der Waals surface area contributed by atoms with Gasteiger partial charge in [0.05, 0.1) is 0 Å². The number of rotatable bonds is 1. The average Bonchev–Trinajstić information content (AvgIpc) is 1.72. The quantitative estimate of drug-likeness (QED) is 0.555. The number of hydrogen-bond donors (Lipinski definition) is 2. The Morgan fingerprint density at radius 1 is 1.50 bits per heavy atom. The molecule has 0 aromatic heterocycles. The second-order valence-corrected chi connectivity index (χ2v) is 0.959.